The van der Waals surface area contributed by atoms with Gasteiger partial charge in [-0.05, 0) is 64.8 Å². The van der Waals surface area contributed by atoms with Gasteiger partial charge in [0.05, 0.1) is 28.2 Å². The summed E-state index contributed by atoms with van der Waals surface area (Å²) in [6, 6.07) is 22.0. The molecule has 8 nitrogen and oxygen atoms in total. The minimum Gasteiger partial charge on any atom is -0.490 e. The van der Waals surface area contributed by atoms with Crippen molar-refractivity contribution in [3.8, 4) is 29.2 Å². The van der Waals surface area contributed by atoms with E-state index in [1.807, 2.05) is 49.4 Å². The quantitative estimate of drug-likeness (QED) is 0.242. The van der Waals surface area contributed by atoms with E-state index in [9.17, 15) is 4.79 Å². The minimum atomic E-state index is -0.328. The van der Waals surface area contributed by atoms with Crippen molar-refractivity contribution in [3.05, 3.63) is 87.1 Å². The summed E-state index contributed by atoms with van der Waals surface area (Å²) >= 11 is 3.47. The Labute approximate surface area is 214 Å². The minimum absolute atomic E-state index is 0.120. The van der Waals surface area contributed by atoms with E-state index in [1.54, 1.807) is 30.3 Å². The Morgan fingerprint density at radius 2 is 1.94 bits per heavy atom. The highest BCUT2D eigenvalue weighted by atomic mass is 79.9. The summed E-state index contributed by atoms with van der Waals surface area (Å²) in [7, 11) is 0. The number of para-hydroxylation sites is 2. The predicted molar refractivity (Wildman–Crippen MR) is 141 cm³/mol. The van der Waals surface area contributed by atoms with Crippen molar-refractivity contribution >= 4 is 44.0 Å². The summed E-state index contributed by atoms with van der Waals surface area (Å²) in [5.74, 6) is 1.57. The van der Waals surface area contributed by atoms with E-state index in [1.165, 1.54) is 10.9 Å². The lowest BCUT2D eigenvalue weighted by Gasteiger charge is -2.13. The molecule has 5 rings (SSSR count). The van der Waals surface area contributed by atoms with Crippen LogP contribution in [0.25, 0.3) is 33.5 Å². The molecule has 0 aliphatic carbocycles. The number of hydrogen-bond donors (Lipinski definition) is 0. The van der Waals surface area contributed by atoms with Crippen LogP contribution < -0.4 is 15.0 Å². The highest BCUT2D eigenvalue weighted by Gasteiger charge is 2.17. The summed E-state index contributed by atoms with van der Waals surface area (Å²) in [4.78, 5) is 18.1. The molecule has 0 spiro atoms. The Morgan fingerprint density at radius 1 is 1.14 bits per heavy atom. The first kappa shape index (κ1) is 23.3. The van der Waals surface area contributed by atoms with Crippen LogP contribution in [0.3, 0.4) is 0 Å². The zero-order valence-corrected chi connectivity index (χ0v) is 20.7. The van der Waals surface area contributed by atoms with Crippen molar-refractivity contribution in [2.75, 3.05) is 13.2 Å². The van der Waals surface area contributed by atoms with Crippen LogP contribution in [0.1, 0.15) is 12.5 Å². The molecular weight excluding hydrogens is 524 g/mol. The van der Waals surface area contributed by atoms with Crippen molar-refractivity contribution in [2.24, 2.45) is 5.10 Å². The second-order valence-electron chi connectivity index (χ2n) is 7.67. The van der Waals surface area contributed by atoms with Gasteiger partial charge in [-0.2, -0.15) is 15.0 Å². The molecule has 0 radical (unpaired) electrons. The van der Waals surface area contributed by atoms with Crippen LogP contribution in [0.15, 0.2) is 85.5 Å². The number of hydrogen-bond acceptors (Lipinski definition) is 7. The number of halogens is 1. The van der Waals surface area contributed by atoms with Crippen molar-refractivity contribution < 1.29 is 13.9 Å². The average Bonchev–Trinajstić information content (AvgIpc) is 3.32. The van der Waals surface area contributed by atoms with Crippen molar-refractivity contribution in [1.82, 2.24) is 9.66 Å². The molecule has 0 amide bonds. The molecule has 178 valence electrons. The van der Waals surface area contributed by atoms with Crippen LogP contribution in [0.2, 0.25) is 0 Å². The van der Waals surface area contributed by atoms with Gasteiger partial charge in [0.15, 0.2) is 23.9 Å². The number of furan rings is 1. The van der Waals surface area contributed by atoms with Crippen molar-refractivity contribution in [1.29, 1.82) is 5.26 Å². The van der Waals surface area contributed by atoms with Gasteiger partial charge in [0, 0.05) is 5.39 Å². The zero-order valence-electron chi connectivity index (χ0n) is 19.1. The molecule has 3 aromatic carbocycles. The maximum Gasteiger partial charge on any atom is 0.282 e. The summed E-state index contributed by atoms with van der Waals surface area (Å²) in [6.45, 7) is 2.13. The third-order valence-electron chi connectivity index (χ3n) is 5.33. The Hall–Kier alpha value is -4.42. The van der Waals surface area contributed by atoms with Gasteiger partial charge in [0.1, 0.15) is 11.7 Å². The monoisotopic (exact) mass is 542 g/mol. The van der Waals surface area contributed by atoms with Gasteiger partial charge in [-0.3, -0.25) is 4.79 Å². The normalized spacial score (nSPS) is 11.2. The maximum atomic E-state index is 13.5. The molecule has 0 saturated carbocycles. The lowest BCUT2D eigenvalue weighted by molar-refractivity contribution is 0.297. The Morgan fingerprint density at radius 3 is 2.75 bits per heavy atom. The van der Waals surface area contributed by atoms with Gasteiger partial charge in [0.25, 0.3) is 5.56 Å². The summed E-state index contributed by atoms with van der Waals surface area (Å²) in [5.41, 5.74) is 1.55. The Bertz CT molecular complexity index is 1680. The molecule has 0 atom stereocenters. The van der Waals surface area contributed by atoms with Gasteiger partial charge < -0.3 is 13.9 Å². The molecule has 0 bridgehead atoms. The lowest BCUT2D eigenvalue weighted by atomic mass is 10.2. The third-order valence-corrected chi connectivity index (χ3v) is 5.92. The number of ether oxygens (including phenoxy) is 2. The third kappa shape index (κ3) is 4.46. The molecule has 0 fully saturated rings. The van der Waals surface area contributed by atoms with Gasteiger partial charge in [0.2, 0.25) is 5.82 Å². The molecule has 0 saturated heterocycles. The summed E-state index contributed by atoms with van der Waals surface area (Å²) in [5, 5.41) is 14.7. The van der Waals surface area contributed by atoms with Gasteiger partial charge in [-0.25, -0.2) is 4.98 Å². The standard InChI is InChI=1S/C27H19BrN4O4/c1-2-34-23-14-17(13-20(28)25(23)35-12-11-29)16-30-32-26(24-15-18-7-3-6-10-22(18)36-24)31-21-9-5-4-8-19(21)27(32)33/h3-10,13-16H,2,12H2,1H3. The van der Waals surface area contributed by atoms with E-state index in [-0.39, 0.29) is 18.0 Å². The number of fused-ring (bicyclic) bond motifs is 2. The number of nitriles is 1. The van der Waals surface area contributed by atoms with Gasteiger partial charge in [-0.1, -0.05) is 30.3 Å². The van der Waals surface area contributed by atoms with Gasteiger partial charge >= 0.3 is 0 Å². The summed E-state index contributed by atoms with van der Waals surface area (Å²) < 4.78 is 19.0. The number of benzene rings is 3. The van der Waals surface area contributed by atoms with Crippen molar-refractivity contribution in [3.63, 3.8) is 0 Å². The van der Waals surface area contributed by atoms with E-state index in [4.69, 9.17) is 24.1 Å². The smallest absolute Gasteiger partial charge is 0.282 e. The van der Waals surface area contributed by atoms with E-state index in [0.717, 1.165) is 5.39 Å². The molecular formula is C27H19BrN4O4. The molecule has 0 unspecified atom stereocenters. The first-order valence-corrected chi connectivity index (χ1v) is 11.9. The summed E-state index contributed by atoms with van der Waals surface area (Å²) in [6.07, 6.45) is 1.53. The maximum absolute atomic E-state index is 13.5. The van der Waals surface area contributed by atoms with Gasteiger partial charge in [-0.15, -0.1) is 0 Å². The highest BCUT2D eigenvalue weighted by molar-refractivity contribution is 9.10. The van der Waals surface area contributed by atoms with Crippen LogP contribution in [-0.2, 0) is 0 Å². The largest absolute Gasteiger partial charge is 0.490 e. The highest BCUT2D eigenvalue weighted by Crippen LogP contribution is 2.36. The molecule has 36 heavy (non-hydrogen) atoms. The second kappa shape index (κ2) is 10.1. The molecule has 0 N–H and O–H groups in total. The van der Waals surface area contributed by atoms with Crippen LogP contribution in [0.4, 0.5) is 0 Å². The van der Waals surface area contributed by atoms with E-state index in [0.29, 0.717) is 50.4 Å². The lowest BCUT2D eigenvalue weighted by Crippen LogP contribution is -2.20. The molecule has 0 aliphatic heterocycles. The van der Waals surface area contributed by atoms with E-state index in [2.05, 4.69) is 21.0 Å². The average molecular weight is 543 g/mol. The fraction of sp³-hybridized carbons (Fsp3) is 0.111. The van der Waals surface area contributed by atoms with Crippen LogP contribution in [0, 0.1) is 11.3 Å². The number of aromatic nitrogens is 2. The number of rotatable bonds is 7. The van der Waals surface area contributed by atoms with E-state index >= 15 is 0 Å². The predicted octanol–water partition coefficient (Wildman–Crippen LogP) is 5.76. The zero-order chi connectivity index (χ0) is 25.1. The molecule has 5 aromatic rings. The topological polar surface area (TPSA) is 103 Å². The van der Waals surface area contributed by atoms with Crippen LogP contribution >= 0.6 is 15.9 Å². The molecule has 2 aromatic heterocycles. The molecule has 2 heterocycles. The fourth-order valence-electron chi connectivity index (χ4n) is 3.78. The van der Waals surface area contributed by atoms with E-state index < -0.39 is 0 Å². The molecule has 0 aliphatic rings. The van der Waals surface area contributed by atoms with Crippen molar-refractivity contribution in [2.45, 2.75) is 6.92 Å². The second-order valence-corrected chi connectivity index (χ2v) is 8.53. The van der Waals surface area contributed by atoms with Crippen LogP contribution in [-0.4, -0.2) is 29.1 Å². The number of nitrogens with zero attached hydrogens (tertiary/aromatic N) is 4. The Balaban J connectivity index is 1.65. The fourth-order valence-corrected chi connectivity index (χ4v) is 4.35. The first-order chi connectivity index (χ1) is 17.6. The first-order valence-electron chi connectivity index (χ1n) is 11.1. The Kier molecular flexibility index (Phi) is 6.52. The SMILES string of the molecule is CCOc1cc(C=Nn2c(-c3cc4ccccc4o3)nc3ccccc3c2=O)cc(Br)c1OCC#N. The molecule has 9 heteroatoms. The van der Waals surface area contributed by atoms with Crippen LogP contribution in [0.5, 0.6) is 11.5 Å².